The van der Waals surface area contributed by atoms with Gasteiger partial charge in [0.1, 0.15) is 23.8 Å². The molecule has 0 fully saturated rings. The van der Waals surface area contributed by atoms with Crippen molar-refractivity contribution < 1.29 is 9.53 Å². The van der Waals surface area contributed by atoms with Crippen molar-refractivity contribution in [1.82, 2.24) is 0 Å². The lowest BCUT2D eigenvalue weighted by Gasteiger charge is -2.33. The zero-order chi connectivity index (χ0) is 16.0. The van der Waals surface area contributed by atoms with Gasteiger partial charge in [-0.2, -0.15) is 5.10 Å². The van der Waals surface area contributed by atoms with Crippen LogP contribution in [0.25, 0.3) is 0 Å². The number of benzene rings is 2. The van der Waals surface area contributed by atoms with Crippen LogP contribution in [0, 0.1) is 0 Å². The minimum absolute atomic E-state index is 0.0168. The summed E-state index contributed by atoms with van der Waals surface area (Å²) in [5, 5.41) is 7.12. The fraction of sp³-hybridized carbons (Fsp3) is 0.222. The van der Waals surface area contributed by atoms with Crippen LogP contribution >= 0.6 is 11.6 Å². The number of halogens is 1. The van der Waals surface area contributed by atoms with Crippen LogP contribution in [0.2, 0.25) is 5.02 Å². The van der Waals surface area contributed by atoms with Crippen LogP contribution in [0.1, 0.15) is 18.4 Å². The van der Waals surface area contributed by atoms with Crippen LogP contribution in [-0.4, -0.2) is 24.1 Å². The maximum Gasteiger partial charge on any atom is 0.176 e. The number of rotatable bonds is 2. The van der Waals surface area contributed by atoms with Crippen LogP contribution in [0.4, 0.5) is 5.69 Å². The number of hydrazone groups is 1. The number of anilines is 1. The summed E-state index contributed by atoms with van der Waals surface area (Å²) in [6, 6.07) is 15.4. The van der Waals surface area contributed by atoms with Gasteiger partial charge in [-0.3, -0.25) is 9.80 Å². The number of Topliss-reactive ketones (excluding diaryl/α,β-unsaturated/α-hetero) is 1. The SMILES string of the molecule is CC(=O)C1=NN2c3cc(Cl)ccc3OCC2C1c1ccccc1. The Kier molecular flexibility index (Phi) is 3.34. The molecule has 0 amide bonds. The average molecular weight is 327 g/mol. The quantitative estimate of drug-likeness (QED) is 0.846. The first-order valence-corrected chi connectivity index (χ1v) is 7.89. The first kappa shape index (κ1) is 14.3. The van der Waals surface area contributed by atoms with Gasteiger partial charge in [0.2, 0.25) is 0 Å². The lowest BCUT2D eigenvalue weighted by atomic mass is 9.86. The first-order valence-electron chi connectivity index (χ1n) is 7.51. The predicted molar refractivity (Wildman–Crippen MR) is 90.5 cm³/mol. The van der Waals surface area contributed by atoms with Crippen LogP contribution in [0.5, 0.6) is 5.75 Å². The zero-order valence-corrected chi connectivity index (χ0v) is 13.3. The number of fused-ring (bicyclic) bond motifs is 3. The van der Waals surface area contributed by atoms with Gasteiger partial charge in [0.15, 0.2) is 5.78 Å². The molecule has 0 bridgehead atoms. The summed E-state index contributed by atoms with van der Waals surface area (Å²) in [5.41, 5.74) is 2.45. The Morgan fingerprint density at radius 1 is 1.26 bits per heavy atom. The summed E-state index contributed by atoms with van der Waals surface area (Å²) in [5.74, 6) is 0.628. The summed E-state index contributed by atoms with van der Waals surface area (Å²) >= 11 is 6.12. The molecule has 2 aliphatic heterocycles. The van der Waals surface area contributed by atoms with Gasteiger partial charge in [-0.1, -0.05) is 41.9 Å². The number of carbonyl (C=O) groups excluding carboxylic acids is 1. The molecular formula is C18H15ClN2O2. The molecule has 0 aromatic heterocycles. The molecule has 23 heavy (non-hydrogen) atoms. The second-order valence-electron chi connectivity index (χ2n) is 5.76. The Morgan fingerprint density at radius 3 is 2.78 bits per heavy atom. The summed E-state index contributed by atoms with van der Waals surface area (Å²) < 4.78 is 5.89. The van der Waals surface area contributed by atoms with E-state index in [9.17, 15) is 4.79 Å². The average Bonchev–Trinajstić information content (AvgIpc) is 2.96. The molecule has 2 atom stereocenters. The van der Waals surface area contributed by atoms with Crippen LogP contribution in [0.3, 0.4) is 0 Å². The molecular weight excluding hydrogens is 312 g/mol. The molecule has 0 aliphatic carbocycles. The molecule has 2 aromatic carbocycles. The third-order valence-electron chi connectivity index (χ3n) is 4.31. The highest BCUT2D eigenvalue weighted by Gasteiger charge is 2.44. The van der Waals surface area contributed by atoms with Crippen molar-refractivity contribution in [2.75, 3.05) is 11.6 Å². The van der Waals surface area contributed by atoms with Crippen molar-refractivity contribution in [3.8, 4) is 5.75 Å². The van der Waals surface area contributed by atoms with Crippen molar-refractivity contribution in [3.63, 3.8) is 0 Å². The van der Waals surface area contributed by atoms with E-state index in [2.05, 4.69) is 5.10 Å². The normalized spacial score (nSPS) is 22.0. The molecule has 0 saturated heterocycles. The molecule has 2 heterocycles. The smallest absolute Gasteiger partial charge is 0.176 e. The van der Waals surface area contributed by atoms with Gasteiger partial charge in [-0.05, 0) is 23.8 Å². The van der Waals surface area contributed by atoms with E-state index in [1.54, 1.807) is 13.0 Å². The van der Waals surface area contributed by atoms with Gasteiger partial charge in [0, 0.05) is 11.9 Å². The van der Waals surface area contributed by atoms with Gasteiger partial charge in [-0.15, -0.1) is 0 Å². The Balaban J connectivity index is 1.83. The Bertz CT molecular complexity index is 804. The maximum absolute atomic E-state index is 12.1. The Hall–Kier alpha value is -2.33. The topological polar surface area (TPSA) is 41.9 Å². The second-order valence-corrected chi connectivity index (χ2v) is 6.20. The van der Waals surface area contributed by atoms with Crippen LogP contribution < -0.4 is 9.75 Å². The molecule has 2 unspecified atom stereocenters. The molecule has 116 valence electrons. The molecule has 0 radical (unpaired) electrons. The lowest BCUT2D eigenvalue weighted by molar-refractivity contribution is -0.111. The van der Waals surface area contributed by atoms with Gasteiger partial charge in [0.05, 0.1) is 12.0 Å². The third kappa shape index (κ3) is 2.30. The van der Waals surface area contributed by atoms with E-state index in [1.807, 2.05) is 47.5 Å². The molecule has 4 nitrogen and oxygen atoms in total. The molecule has 5 heteroatoms. The molecule has 2 aromatic rings. The van der Waals surface area contributed by atoms with E-state index >= 15 is 0 Å². The standard InChI is InChI=1S/C18H15ClN2O2/c1-11(22)18-17(12-5-3-2-4-6-12)15-10-23-16-8-7-13(19)9-14(16)21(15)20-18/h2-9,15,17H,10H2,1H3. The fourth-order valence-electron chi connectivity index (χ4n) is 3.27. The third-order valence-corrected chi connectivity index (χ3v) is 4.54. The van der Waals surface area contributed by atoms with E-state index in [1.165, 1.54) is 0 Å². The van der Waals surface area contributed by atoms with Crippen LogP contribution in [-0.2, 0) is 4.79 Å². The van der Waals surface area contributed by atoms with E-state index in [-0.39, 0.29) is 17.7 Å². The summed E-state index contributed by atoms with van der Waals surface area (Å²) in [4.78, 5) is 12.1. The zero-order valence-electron chi connectivity index (χ0n) is 12.6. The number of hydrogen-bond acceptors (Lipinski definition) is 4. The minimum Gasteiger partial charge on any atom is -0.489 e. The molecule has 0 N–H and O–H groups in total. The highest BCUT2D eigenvalue weighted by molar-refractivity contribution is 6.42. The summed E-state index contributed by atoms with van der Waals surface area (Å²) in [7, 11) is 0. The number of nitrogens with zero attached hydrogens (tertiary/aromatic N) is 2. The highest BCUT2D eigenvalue weighted by atomic mass is 35.5. The van der Waals surface area contributed by atoms with Crippen molar-refractivity contribution in [2.24, 2.45) is 5.10 Å². The van der Waals surface area contributed by atoms with Crippen molar-refractivity contribution >= 4 is 28.8 Å². The maximum atomic E-state index is 12.1. The first-order chi connectivity index (χ1) is 11.1. The van der Waals surface area contributed by atoms with Crippen molar-refractivity contribution in [1.29, 1.82) is 0 Å². The summed E-state index contributed by atoms with van der Waals surface area (Å²) in [6.45, 7) is 2.04. The number of ether oxygens (including phenoxy) is 1. The number of ketones is 1. The van der Waals surface area contributed by atoms with E-state index in [4.69, 9.17) is 16.3 Å². The molecule has 4 rings (SSSR count). The number of carbonyl (C=O) groups is 1. The monoisotopic (exact) mass is 326 g/mol. The second kappa shape index (κ2) is 5.39. The van der Waals surface area contributed by atoms with Crippen molar-refractivity contribution in [3.05, 3.63) is 59.1 Å². The molecule has 0 spiro atoms. The summed E-state index contributed by atoms with van der Waals surface area (Å²) in [6.07, 6.45) is 0. The van der Waals surface area contributed by atoms with E-state index < -0.39 is 0 Å². The van der Waals surface area contributed by atoms with E-state index in [0.29, 0.717) is 17.3 Å². The Labute approximate surface area is 139 Å². The van der Waals surface area contributed by atoms with Crippen molar-refractivity contribution in [2.45, 2.75) is 18.9 Å². The van der Waals surface area contributed by atoms with Gasteiger partial charge in [-0.25, -0.2) is 0 Å². The number of hydrogen-bond donors (Lipinski definition) is 0. The molecule has 0 saturated carbocycles. The molecule has 2 aliphatic rings. The highest BCUT2D eigenvalue weighted by Crippen LogP contribution is 2.43. The largest absolute Gasteiger partial charge is 0.489 e. The fourth-order valence-corrected chi connectivity index (χ4v) is 3.44. The minimum atomic E-state index is -0.0965. The predicted octanol–water partition coefficient (Wildman–Crippen LogP) is 3.65. The lowest BCUT2D eigenvalue weighted by Crippen LogP contribution is -2.41. The van der Waals surface area contributed by atoms with Gasteiger partial charge < -0.3 is 4.74 Å². The Morgan fingerprint density at radius 2 is 2.04 bits per heavy atom. The van der Waals surface area contributed by atoms with E-state index in [0.717, 1.165) is 17.0 Å². The van der Waals surface area contributed by atoms with Crippen LogP contribution in [0.15, 0.2) is 53.6 Å². The van der Waals surface area contributed by atoms with Gasteiger partial charge in [0.25, 0.3) is 0 Å². The van der Waals surface area contributed by atoms with Gasteiger partial charge >= 0.3 is 0 Å².